The molecule has 7 heteroatoms. The molecule has 0 fully saturated rings. The Morgan fingerprint density at radius 3 is 2.60 bits per heavy atom. The van der Waals surface area contributed by atoms with Gasteiger partial charge in [-0.25, -0.2) is 14.6 Å². The lowest BCUT2D eigenvalue weighted by Crippen LogP contribution is -2.44. The Morgan fingerprint density at radius 2 is 1.92 bits per heavy atom. The van der Waals surface area contributed by atoms with Crippen LogP contribution in [-0.2, 0) is 4.79 Å². The minimum atomic E-state index is -0.266. The molecule has 0 unspecified atom stereocenters. The first kappa shape index (κ1) is 17.4. The lowest BCUT2D eigenvalue weighted by molar-refractivity contribution is -0.121. The van der Waals surface area contributed by atoms with E-state index in [0.29, 0.717) is 0 Å². The highest BCUT2D eigenvalue weighted by Gasteiger charge is 2.22. The van der Waals surface area contributed by atoms with Gasteiger partial charge < -0.3 is 5.32 Å². The van der Waals surface area contributed by atoms with Gasteiger partial charge in [0.1, 0.15) is 11.4 Å². The second kappa shape index (κ2) is 6.84. The smallest absolute Gasteiger partial charge is 0.233 e. The van der Waals surface area contributed by atoms with E-state index in [2.05, 4.69) is 20.4 Å². The Labute approximate surface area is 151 Å². The molecule has 0 aliphatic carbocycles. The number of nitrogens with one attached hydrogen (secondary N) is 1. The summed E-state index contributed by atoms with van der Waals surface area (Å²) in [5, 5.41) is 8.76. The predicted octanol–water partition coefficient (Wildman–Crippen LogP) is 3.21. The number of carbonyl (C=O) groups is 1. The molecule has 25 heavy (non-hydrogen) atoms. The number of aromatic nitrogens is 4. The fourth-order valence-electron chi connectivity index (χ4n) is 2.37. The van der Waals surface area contributed by atoms with Crippen molar-refractivity contribution in [2.24, 2.45) is 0 Å². The molecular formula is C18H21N5OS. The maximum Gasteiger partial charge on any atom is 0.233 e. The first-order chi connectivity index (χ1) is 11.8. The molecule has 0 saturated carbocycles. The summed E-state index contributed by atoms with van der Waals surface area (Å²) in [5.41, 5.74) is 1.41. The van der Waals surface area contributed by atoms with Crippen LogP contribution in [0.25, 0.3) is 16.7 Å². The lowest BCUT2D eigenvalue weighted by Gasteiger charge is -2.22. The highest BCUT2D eigenvalue weighted by atomic mass is 32.2. The summed E-state index contributed by atoms with van der Waals surface area (Å²) in [7, 11) is 0. The van der Waals surface area contributed by atoms with Gasteiger partial charge in [-0.15, -0.1) is 0 Å². The maximum absolute atomic E-state index is 12.3. The third-order valence-electron chi connectivity index (χ3n) is 3.49. The van der Waals surface area contributed by atoms with Gasteiger partial charge in [-0.1, -0.05) is 30.0 Å². The number of amides is 1. The highest BCUT2D eigenvalue weighted by molar-refractivity contribution is 8.00. The summed E-state index contributed by atoms with van der Waals surface area (Å²) >= 11 is 1.41. The van der Waals surface area contributed by atoms with E-state index >= 15 is 0 Å². The number of para-hydroxylation sites is 1. The Kier molecular flexibility index (Phi) is 4.76. The average Bonchev–Trinajstić information content (AvgIpc) is 2.99. The largest absolute Gasteiger partial charge is 0.351 e. The molecule has 0 aliphatic rings. The quantitative estimate of drug-likeness (QED) is 0.575. The molecule has 6 nitrogen and oxygen atoms in total. The number of hydrogen-bond acceptors (Lipinski definition) is 5. The predicted molar refractivity (Wildman–Crippen MR) is 99.9 cm³/mol. The van der Waals surface area contributed by atoms with Gasteiger partial charge in [0.05, 0.1) is 22.5 Å². The Bertz CT molecular complexity index is 885. The van der Waals surface area contributed by atoms with Crippen LogP contribution < -0.4 is 5.32 Å². The number of rotatable bonds is 4. The van der Waals surface area contributed by atoms with E-state index < -0.39 is 0 Å². The third-order valence-corrected chi connectivity index (χ3v) is 4.60. The molecular weight excluding hydrogens is 334 g/mol. The monoisotopic (exact) mass is 355 g/mol. The van der Waals surface area contributed by atoms with Gasteiger partial charge in [-0.05, 0) is 39.8 Å². The molecule has 0 spiro atoms. The summed E-state index contributed by atoms with van der Waals surface area (Å²) < 4.78 is 1.78. The number of nitrogens with zero attached hydrogens (tertiary/aromatic N) is 4. The Morgan fingerprint density at radius 1 is 1.20 bits per heavy atom. The number of thioether (sulfide) groups is 1. The lowest BCUT2D eigenvalue weighted by atomic mass is 10.1. The van der Waals surface area contributed by atoms with Crippen molar-refractivity contribution in [3.63, 3.8) is 0 Å². The standard InChI is InChI=1S/C18H21N5OS/c1-12(16(24)22-18(2,3)4)25-17-14-10-21-23(15(14)19-11-20-17)13-8-6-5-7-9-13/h5-12H,1-4H3,(H,22,24)/t12-/m0/s1. The van der Waals surface area contributed by atoms with Crippen LogP contribution in [-0.4, -0.2) is 36.4 Å². The third kappa shape index (κ3) is 3.99. The molecule has 1 amide bonds. The van der Waals surface area contributed by atoms with Crippen molar-refractivity contribution in [1.29, 1.82) is 0 Å². The molecule has 1 aromatic carbocycles. The second-order valence-electron chi connectivity index (χ2n) is 6.81. The van der Waals surface area contributed by atoms with Gasteiger partial charge in [0, 0.05) is 5.54 Å². The summed E-state index contributed by atoms with van der Waals surface area (Å²) in [6.07, 6.45) is 3.26. The molecule has 3 rings (SSSR count). The number of carbonyl (C=O) groups excluding carboxylic acids is 1. The molecule has 1 atom stereocenters. The minimum Gasteiger partial charge on any atom is -0.351 e. The van der Waals surface area contributed by atoms with Crippen LogP contribution >= 0.6 is 11.8 Å². The van der Waals surface area contributed by atoms with E-state index in [4.69, 9.17) is 0 Å². The summed E-state index contributed by atoms with van der Waals surface area (Å²) in [5.74, 6) is -0.0142. The first-order valence-corrected chi connectivity index (χ1v) is 8.96. The van der Waals surface area contributed by atoms with Gasteiger partial charge in [0.25, 0.3) is 0 Å². The summed E-state index contributed by atoms with van der Waals surface area (Å²) in [6, 6.07) is 9.82. The van der Waals surface area contributed by atoms with Crippen LogP contribution in [0.5, 0.6) is 0 Å². The van der Waals surface area contributed by atoms with Crippen LogP contribution in [0.15, 0.2) is 47.9 Å². The zero-order valence-electron chi connectivity index (χ0n) is 14.7. The van der Waals surface area contributed by atoms with Crippen LogP contribution in [0.2, 0.25) is 0 Å². The zero-order valence-corrected chi connectivity index (χ0v) is 15.5. The zero-order chi connectivity index (χ0) is 18.0. The van der Waals surface area contributed by atoms with Crippen molar-refractivity contribution in [2.75, 3.05) is 0 Å². The van der Waals surface area contributed by atoms with E-state index in [9.17, 15) is 4.79 Å². The van der Waals surface area contributed by atoms with Crippen molar-refractivity contribution in [3.05, 3.63) is 42.9 Å². The molecule has 3 aromatic rings. The number of fused-ring (bicyclic) bond motifs is 1. The molecule has 1 N–H and O–H groups in total. The molecule has 2 aromatic heterocycles. The molecule has 0 aliphatic heterocycles. The summed E-state index contributed by atoms with van der Waals surface area (Å²) in [6.45, 7) is 7.78. The van der Waals surface area contributed by atoms with Crippen molar-refractivity contribution in [2.45, 2.75) is 43.5 Å². The van der Waals surface area contributed by atoms with Crippen LogP contribution in [0, 0.1) is 0 Å². The second-order valence-corrected chi connectivity index (χ2v) is 8.14. The van der Waals surface area contributed by atoms with E-state index in [-0.39, 0.29) is 16.7 Å². The number of benzene rings is 1. The van der Waals surface area contributed by atoms with Crippen LogP contribution in [0.4, 0.5) is 0 Å². The highest BCUT2D eigenvalue weighted by Crippen LogP contribution is 2.29. The SMILES string of the molecule is C[C@H](Sc1ncnc2c1cnn2-c1ccccc1)C(=O)NC(C)(C)C. The van der Waals surface area contributed by atoms with E-state index in [1.54, 1.807) is 10.9 Å². The van der Waals surface area contributed by atoms with Crippen molar-refractivity contribution in [1.82, 2.24) is 25.1 Å². The van der Waals surface area contributed by atoms with Gasteiger partial charge in [0.2, 0.25) is 5.91 Å². The van der Waals surface area contributed by atoms with Crippen LogP contribution in [0.3, 0.4) is 0 Å². The molecule has 0 bridgehead atoms. The molecule has 0 radical (unpaired) electrons. The fraction of sp³-hybridized carbons (Fsp3) is 0.333. The normalized spacial score (nSPS) is 13.0. The molecule has 130 valence electrons. The van der Waals surface area contributed by atoms with E-state index in [0.717, 1.165) is 21.7 Å². The molecule has 0 saturated heterocycles. The van der Waals surface area contributed by atoms with E-state index in [1.807, 2.05) is 58.0 Å². The van der Waals surface area contributed by atoms with Crippen LogP contribution in [0.1, 0.15) is 27.7 Å². The van der Waals surface area contributed by atoms with Crippen molar-refractivity contribution >= 4 is 28.7 Å². The Hall–Kier alpha value is -2.41. The maximum atomic E-state index is 12.3. The van der Waals surface area contributed by atoms with Gasteiger partial charge in [-0.3, -0.25) is 4.79 Å². The van der Waals surface area contributed by atoms with Crippen molar-refractivity contribution in [3.8, 4) is 5.69 Å². The molecule has 2 heterocycles. The summed E-state index contributed by atoms with van der Waals surface area (Å²) in [4.78, 5) is 21.0. The first-order valence-electron chi connectivity index (χ1n) is 8.08. The van der Waals surface area contributed by atoms with E-state index in [1.165, 1.54) is 18.1 Å². The van der Waals surface area contributed by atoms with Gasteiger partial charge in [0.15, 0.2) is 5.65 Å². The number of hydrogen-bond donors (Lipinski definition) is 1. The Balaban J connectivity index is 1.88. The minimum absolute atomic E-state index is 0.0142. The average molecular weight is 355 g/mol. The van der Waals surface area contributed by atoms with Crippen molar-refractivity contribution < 1.29 is 4.79 Å². The fourth-order valence-corrected chi connectivity index (χ4v) is 3.25. The topological polar surface area (TPSA) is 72.7 Å². The van der Waals surface area contributed by atoms with Gasteiger partial charge >= 0.3 is 0 Å². The van der Waals surface area contributed by atoms with Gasteiger partial charge in [-0.2, -0.15) is 5.10 Å².